The van der Waals surface area contributed by atoms with Crippen molar-refractivity contribution in [3.05, 3.63) is 98.7 Å². The Hall–Kier alpha value is -3.98. The minimum atomic E-state index is -0.403. The molecule has 0 amide bonds. The molecule has 9 heteroatoms. The largest absolute Gasteiger partial charge is 0.293 e. The van der Waals surface area contributed by atoms with Gasteiger partial charge in [0.25, 0.3) is 5.69 Å². The predicted molar refractivity (Wildman–Crippen MR) is 115 cm³/mol. The van der Waals surface area contributed by atoms with Crippen molar-refractivity contribution >= 4 is 22.9 Å². The van der Waals surface area contributed by atoms with Crippen molar-refractivity contribution in [2.24, 2.45) is 4.99 Å². The Balaban J connectivity index is 1.99. The molecular formula is C21H16N6O2S. The van der Waals surface area contributed by atoms with E-state index in [9.17, 15) is 10.1 Å². The highest BCUT2D eigenvalue weighted by molar-refractivity contribution is 7.07. The van der Waals surface area contributed by atoms with Crippen LogP contribution in [0.4, 0.5) is 5.69 Å². The molecule has 1 N–H and O–H groups in total. The maximum atomic E-state index is 11.8. The van der Waals surface area contributed by atoms with Gasteiger partial charge in [0.1, 0.15) is 11.4 Å². The molecule has 4 aromatic rings. The van der Waals surface area contributed by atoms with Crippen LogP contribution >= 0.6 is 11.3 Å². The molecule has 0 radical (unpaired) electrons. The van der Waals surface area contributed by atoms with E-state index in [-0.39, 0.29) is 11.5 Å². The Morgan fingerprint density at radius 1 is 1.20 bits per heavy atom. The van der Waals surface area contributed by atoms with Gasteiger partial charge in [0.05, 0.1) is 16.8 Å². The Bertz CT molecular complexity index is 1300. The summed E-state index contributed by atoms with van der Waals surface area (Å²) >= 11 is 1.30. The quantitative estimate of drug-likeness (QED) is 0.233. The summed E-state index contributed by atoms with van der Waals surface area (Å²) in [6.45, 7) is 1.81. The zero-order valence-corrected chi connectivity index (χ0v) is 16.7. The lowest BCUT2D eigenvalue weighted by atomic mass is 10.1. The zero-order valence-electron chi connectivity index (χ0n) is 15.9. The summed E-state index contributed by atoms with van der Waals surface area (Å²) in [5.74, 6) is -0.0759. The predicted octanol–water partition coefficient (Wildman–Crippen LogP) is 4.14. The van der Waals surface area contributed by atoms with Crippen LogP contribution in [0.2, 0.25) is 0 Å². The first-order valence-electron chi connectivity index (χ1n) is 8.95. The molecule has 0 unspecified atom stereocenters. The number of hydrogen-bond acceptors (Lipinski definition) is 6. The molecular weight excluding hydrogens is 400 g/mol. The number of nitrogens with one attached hydrogen (secondary N) is 1. The van der Waals surface area contributed by atoms with Gasteiger partial charge in [0.15, 0.2) is 10.6 Å². The van der Waals surface area contributed by atoms with E-state index in [1.807, 2.05) is 48.7 Å². The molecule has 0 saturated heterocycles. The van der Waals surface area contributed by atoms with Gasteiger partial charge in [-0.25, -0.2) is 4.98 Å². The second-order valence-corrected chi connectivity index (χ2v) is 7.24. The number of rotatable bonds is 4. The van der Waals surface area contributed by atoms with Gasteiger partial charge in [-0.1, -0.05) is 36.4 Å². The Morgan fingerprint density at radius 3 is 2.70 bits per heavy atom. The van der Waals surface area contributed by atoms with E-state index in [2.05, 4.69) is 15.0 Å². The van der Waals surface area contributed by atoms with E-state index < -0.39 is 4.92 Å². The normalized spacial score (nSPS) is 11.4. The van der Waals surface area contributed by atoms with Crippen LogP contribution in [0.3, 0.4) is 0 Å². The van der Waals surface area contributed by atoms with Crippen LogP contribution in [0, 0.1) is 22.4 Å². The molecule has 0 aliphatic heterocycles. The second kappa shape index (κ2) is 8.18. The molecule has 0 aliphatic carbocycles. The third kappa shape index (κ3) is 3.78. The Morgan fingerprint density at radius 2 is 2.00 bits per heavy atom. The van der Waals surface area contributed by atoms with E-state index in [4.69, 9.17) is 5.41 Å². The number of nitro benzene ring substituents is 1. The van der Waals surface area contributed by atoms with Crippen molar-refractivity contribution in [2.45, 2.75) is 6.92 Å². The minimum Gasteiger partial charge on any atom is -0.281 e. The van der Waals surface area contributed by atoms with Crippen molar-refractivity contribution in [1.82, 2.24) is 14.5 Å². The molecule has 2 heterocycles. The average molecular weight is 416 g/mol. The van der Waals surface area contributed by atoms with Crippen molar-refractivity contribution in [3.8, 4) is 16.9 Å². The summed E-state index contributed by atoms with van der Waals surface area (Å²) in [6, 6.07) is 14.6. The maximum Gasteiger partial charge on any atom is 0.293 e. The SMILES string of the molecule is Cc1ccc(-n2c(-c3ccccc3)csc2=NC(=N)c2cnccn2)c([N+](=O)[O-])c1. The molecule has 4 rings (SSSR count). The van der Waals surface area contributed by atoms with E-state index in [0.29, 0.717) is 16.2 Å². The van der Waals surface area contributed by atoms with Gasteiger partial charge in [-0.3, -0.25) is 25.1 Å². The van der Waals surface area contributed by atoms with E-state index in [1.54, 1.807) is 10.6 Å². The summed E-state index contributed by atoms with van der Waals surface area (Å²) in [5.41, 5.74) is 3.09. The summed E-state index contributed by atoms with van der Waals surface area (Å²) < 4.78 is 1.71. The molecule has 0 bridgehead atoms. The molecule has 0 aliphatic rings. The van der Waals surface area contributed by atoms with E-state index in [0.717, 1.165) is 16.8 Å². The molecule has 0 saturated carbocycles. The number of benzene rings is 2. The lowest BCUT2D eigenvalue weighted by Gasteiger charge is -2.10. The highest BCUT2D eigenvalue weighted by Gasteiger charge is 2.20. The lowest BCUT2D eigenvalue weighted by molar-refractivity contribution is -0.384. The van der Waals surface area contributed by atoms with Crippen molar-refractivity contribution < 1.29 is 4.92 Å². The molecule has 0 atom stereocenters. The molecule has 8 nitrogen and oxygen atoms in total. The topological polar surface area (TPSA) is 110 Å². The lowest BCUT2D eigenvalue weighted by Crippen LogP contribution is -2.18. The van der Waals surface area contributed by atoms with E-state index >= 15 is 0 Å². The van der Waals surface area contributed by atoms with Gasteiger partial charge in [0, 0.05) is 23.8 Å². The Kier molecular flexibility index (Phi) is 5.27. The van der Waals surface area contributed by atoms with Crippen LogP contribution in [0.25, 0.3) is 16.9 Å². The molecule has 2 aromatic carbocycles. The van der Waals surface area contributed by atoms with Crippen LogP contribution in [-0.2, 0) is 0 Å². The smallest absolute Gasteiger partial charge is 0.281 e. The van der Waals surface area contributed by atoms with Crippen LogP contribution in [-0.4, -0.2) is 25.3 Å². The number of aromatic nitrogens is 3. The van der Waals surface area contributed by atoms with Crippen LogP contribution in [0.5, 0.6) is 0 Å². The molecule has 0 fully saturated rings. The molecule has 148 valence electrons. The summed E-state index contributed by atoms with van der Waals surface area (Å²) in [5, 5.41) is 22.0. The third-order valence-corrected chi connectivity index (χ3v) is 5.19. The third-order valence-electron chi connectivity index (χ3n) is 4.36. The highest BCUT2D eigenvalue weighted by atomic mass is 32.1. The number of amidine groups is 1. The van der Waals surface area contributed by atoms with Gasteiger partial charge in [-0.2, -0.15) is 4.99 Å². The fourth-order valence-electron chi connectivity index (χ4n) is 2.98. The number of nitro groups is 1. The van der Waals surface area contributed by atoms with Crippen LogP contribution in [0.1, 0.15) is 11.3 Å². The van der Waals surface area contributed by atoms with Gasteiger partial charge >= 0.3 is 0 Å². The molecule has 2 aromatic heterocycles. The zero-order chi connectivity index (χ0) is 21.1. The van der Waals surface area contributed by atoms with Crippen LogP contribution in [0.15, 0.2) is 77.5 Å². The van der Waals surface area contributed by atoms with Crippen molar-refractivity contribution in [3.63, 3.8) is 0 Å². The molecule has 30 heavy (non-hydrogen) atoms. The van der Waals surface area contributed by atoms with Gasteiger partial charge in [0.2, 0.25) is 0 Å². The first-order chi connectivity index (χ1) is 14.5. The van der Waals surface area contributed by atoms with Crippen molar-refractivity contribution in [2.75, 3.05) is 0 Å². The van der Waals surface area contributed by atoms with Crippen molar-refractivity contribution in [1.29, 1.82) is 5.41 Å². The number of hydrogen-bond donors (Lipinski definition) is 1. The summed E-state index contributed by atoms with van der Waals surface area (Å²) in [4.78, 5) is 24.3. The Labute approximate surface area is 175 Å². The average Bonchev–Trinajstić information content (AvgIpc) is 3.18. The molecule has 0 spiro atoms. The van der Waals surface area contributed by atoms with Gasteiger partial charge in [-0.15, -0.1) is 11.3 Å². The fraction of sp³-hybridized carbons (Fsp3) is 0.0476. The van der Waals surface area contributed by atoms with Crippen LogP contribution < -0.4 is 4.80 Å². The van der Waals surface area contributed by atoms with Gasteiger partial charge in [-0.05, 0) is 24.1 Å². The highest BCUT2D eigenvalue weighted by Crippen LogP contribution is 2.29. The maximum absolute atomic E-state index is 11.8. The standard InChI is InChI=1S/C21H16N6O2S/c1-14-7-8-17(18(11-14)27(28)29)26-19(15-5-3-2-4-6-15)13-30-21(26)25-20(22)16-12-23-9-10-24-16/h2-13,22H,1H3. The monoisotopic (exact) mass is 416 g/mol. The fourth-order valence-corrected chi connectivity index (χ4v) is 3.88. The first-order valence-corrected chi connectivity index (χ1v) is 9.83. The summed E-state index contributed by atoms with van der Waals surface area (Å²) in [7, 11) is 0. The first kappa shape index (κ1) is 19.3. The summed E-state index contributed by atoms with van der Waals surface area (Å²) in [6.07, 6.45) is 4.46. The van der Waals surface area contributed by atoms with E-state index in [1.165, 1.54) is 36.0 Å². The minimum absolute atomic E-state index is 0.0296. The second-order valence-electron chi connectivity index (χ2n) is 6.41. The van der Waals surface area contributed by atoms with Gasteiger partial charge < -0.3 is 0 Å². The number of thiazole rings is 1. The number of nitrogens with zero attached hydrogens (tertiary/aromatic N) is 5. The number of aryl methyl sites for hydroxylation is 1.